The van der Waals surface area contributed by atoms with Crippen molar-refractivity contribution >= 4 is 43.2 Å². The van der Waals surface area contributed by atoms with Crippen LogP contribution in [0, 0.1) is 6.92 Å². The lowest BCUT2D eigenvalue weighted by Gasteiger charge is -2.40. The van der Waals surface area contributed by atoms with Gasteiger partial charge in [0.1, 0.15) is 21.9 Å². The zero-order valence-corrected chi connectivity index (χ0v) is 18.4. The minimum atomic E-state index is -2.85. The highest BCUT2D eigenvalue weighted by atomic mass is 32.2. The van der Waals surface area contributed by atoms with E-state index in [4.69, 9.17) is 4.74 Å². The Labute approximate surface area is 174 Å². The summed E-state index contributed by atoms with van der Waals surface area (Å²) in [6.45, 7) is 7.05. The van der Waals surface area contributed by atoms with Crippen molar-refractivity contribution in [1.29, 1.82) is 0 Å². The van der Waals surface area contributed by atoms with Crippen molar-refractivity contribution in [2.24, 2.45) is 0 Å². The van der Waals surface area contributed by atoms with Gasteiger partial charge >= 0.3 is 5.97 Å². The van der Waals surface area contributed by atoms with Crippen LogP contribution in [0.2, 0.25) is 0 Å². The molecule has 0 bridgehead atoms. The molecule has 0 saturated carbocycles. The van der Waals surface area contributed by atoms with Crippen molar-refractivity contribution in [3.63, 3.8) is 0 Å². The zero-order valence-electron chi connectivity index (χ0n) is 16.8. The fourth-order valence-electron chi connectivity index (χ4n) is 4.22. The van der Waals surface area contributed by atoms with Crippen LogP contribution in [0.4, 0.5) is 5.82 Å². The van der Waals surface area contributed by atoms with Gasteiger partial charge in [0.25, 0.3) is 0 Å². The number of ether oxygens (including phenoxy) is 1. The number of hydrogen-bond acceptors (Lipinski definition) is 9. The van der Waals surface area contributed by atoms with E-state index in [1.165, 1.54) is 11.3 Å². The third-order valence-electron chi connectivity index (χ3n) is 5.83. The van der Waals surface area contributed by atoms with Gasteiger partial charge in [-0.15, -0.1) is 11.3 Å². The minimum Gasteiger partial charge on any atom is -0.462 e. The molecule has 2 aromatic heterocycles. The van der Waals surface area contributed by atoms with Gasteiger partial charge in [0.2, 0.25) is 0 Å². The Hall–Kier alpha value is -1.78. The SMILES string of the molecule is CCOC(=O)c1sc2ncnc(N3CCC(N4CCS(=O)(=O)CC4)CC3)c2c1C. The number of carbonyl (C=O) groups excluding carboxylic acids is 1. The molecular weight excluding hydrogens is 412 g/mol. The fourth-order valence-corrected chi connectivity index (χ4v) is 6.49. The van der Waals surface area contributed by atoms with E-state index >= 15 is 0 Å². The highest BCUT2D eigenvalue weighted by Crippen LogP contribution is 2.36. The maximum Gasteiger partial charge on any atom is 0.348 e. The first-order valence-electron chi connectivity index (χ1n) is 10.00. The number of nitrogens with zero attached hydrogens (tertiary/aromatic N) is 4. The molecule has 2 aromatic rings. The molecule has 0 radical (unpaired) electrons. The number of fused-ring (bicyclic) bond motifs is 1. The number of aromatic nitrogens is 2. The Balaban J connectivity index is 1.50. The molecule has 0 amide bonds. The number of sulfone groups is 1. The predicted molar refractivity (Wildman–Crippen MR) is 114 cm³/mol. The Bertz CT molecular complexity index is 999. The zero-order chi connectivity index (χ0) is 20.6. The number of rotatable bonds is 4. The quantitative estimate of drug-likeness (QED) is 0.668. The van der Waals surface area contributed by atoms with Gasteiger partial charge < -0.3 is 9.64 Å². The summed E-state index contributed by atoms with van der Waals surface area (Å²) in [4.78, 5) is 27.2. The predicted octanol–water partition coefficient (Wildman–Crippen LogP) is 1.88. The van der Waals surface area contributed by atoms with Crippen LogP contribution in [0.15, 0.2) is 6.33 Å². The van der Waals surface area contributed by atoms with Crippen LogP contribution in [0.25, 0.3) is 10.2 Å². The van der Waals surface area contributed by atoms with E-state index in [9.17, 15) is 13.2 Å². The number of anilines is 1. The Morgan fingerprint density at radius 2 is 1.90 bits per heavy atom. The number of thiophene rings is 1. The first-order valence-corrected chi connectivity index (χ1v) is 12.6. The first-order chi connectivity index (χ1) is 13.9. The highest BCUT2D eigenvalue weighted by Gasteiger charge is 2.31. The lowest BCUT2D eigenvalue weighted by atomic mass is 10.0. The van der Waals surface area contributed by atoms with Gasteiger partial charge in [0.05, 0.1) is 23.5 Å². The molecule has 0 unspecified atom stereocenters. The maximum atomic E-state index is 12.3. The average molecular weight is 439 g/mol. The van der Waals surface area contributed by atoms with Crippen molar-refractivity contribution in [3.05, 3.63) is 16.8 Å². The van der Waals surface area contributed by atoms with Crippen molar-refractivity contribution in [2.75, 3.05) is 49.2 Å². The third-order valence-corrected chi connectivity index (χ3v) is 8.62. The van der Waals surface area contributed by atoms with Crippen LogP contribution >= 0.6 is 11.3 Å². The molecule has 4 heterocycles. The summed E-state index contributed by atoms with van der Waals surface area (Å²) in [5.74, 6) is 1.10. The van der Waals surface area contributed by atoms with Crippen LogP contribution in [0.5, 0.6) is 0 Å². The van der Waals surface area contributed by atoms with Gasteiger partial charge in [0, 0.05) is 32.2 Å². The highest BCUT2D eigenvalue weighted by molar-refractivity contribution is 7.91. The van der Waals surface area contributed by atoms with Crippen molar-refractivity contribution < 1.29 is 17.9 Å². The molecule has 0 spiro atoms. The Morgan fingerprint density at radius 1 is 1.21 bits per heavy atom. The molecule has 0 aromatic carbocycles. The summed E-state index contributed by atoms with van der Waals surface area (Å²) < 4.78 is 28.5. The second-order valence-corrected chi connectivity index (χ2v) is 10.9. The number of piperidine rings is 1. The molecule has 2 aliphatic rings. The standard InChI is InChI=1S/C19H26N4O4S2/c1-3-27-19(24)16-13(2)15-17(20-12-21-18(15)28-16)23-6-4-14(5-7-23)22-8-10-29(25,26)11-9-22/h12,14H,3-11H2,1-2H3. The van der Waals surface area contributed by atoms with Crippen LogP contribution in [-0.4, -0.2) is 79.6 Å². The molecule has 0 N–H and O–H groups in total. The number of aryl methyl sites for hydroxylation is 1. The van der Waals surface area contributed by atoms with E-state index in [-0.39, 0.29) is 17.5 Å². The van der Waals surface area contributed by atoms with E-state index in [1.807, 2.05) is 6.92 Å². The summed E-state index contributed by atoms with van der Waals surface area (Å²) in [6, 6.07) is 0.415. The first kappa shape index (κ1) is 20.5. The van der Waals surface area contributed by atoms with Crippen LogP contribution < -0.4 is 4.90 Å². The van der Waals surface area contributed by atoms with Gasteiger partial charge in [0.15, 0.2) is 9.84 Å². The molecule has 158 valence electrons. The summed E-state index contributed by atoms with van der Waals surface area (Å²) in [5, 5.41) is 0.933. The molecule has 2 saturated heterocycles. The largest absolute Gasteiger partial charge is 0.462 e. The topological polar surface area (TPSA) is 92.7 Å². The second-order valence-electron chi connectivity index (χ2n) is 7.56. The number of carbonyl (C=O) groups is 1. The van der Waals surface area contributed by atoms with E-state index in [0.717, 1.165) is 47.5 Å². The summed E-state index contributed by atoms with van der Waals surface area (Å²) in [5.41, 5.74) is 0.877. The van der Waals surface area contributed by atoms with Crippen LogP contribution in [0.3, 0.4) is 0 Å². The number of esters is 1. The summed E-state index contributed by atoms with van der Waals surface area (Å²) in [6.07, 6.45) is 3.50. The average Bonchev–Trinajstić information content (AvgIpc) is 3.05. The van der Waals surface area contributed by atoms with E-state index < -0.39 is 9.84 Å². The minimum absolute atomic E-state index is 0.268. The van der Waals surface area contributed by atoms with Crippen molar-refractivity contribution in [1.82, 2.24) is 14.9 Å². The molecule has 2 fully saturated rings. The van der Waals surface area contributed by atoms with Crippen molar-refractivity contribution in [2.45, 2.75) is 32.7 Å². The van der Waals surface area contributed by atoms with Gasteiger partial charge in [-0.25, -0.2) is 23.2 Å². The van der Waals surface area contributed by atoms with Crippen LogP contribution in [0.1, 0.15) is 35.0 Å². The number of hydrogen-bond donors (Lipinski definition) is 0. The van der Waals surface area contributed by atoms with Gasteiger partial charge in [-0.1, -0.05) is 0 Å². The lowest BCUT2D eigenvalue weighted by molar-refractivity contribution is 0.0531. The molecule has 2 aliphatic heterocycles. The van der Waals surface area contributed by atoms with E-state index in [2.05, 4.69) is 19.8 Å². The van der Waals surface area contributed by atoms with Gasteiger partial charge in [-0.2, -0.15) is 0 Å². The molecule has 0 aliphatic carbocycles. The Morgan fingerprint density at radius 3 is 2.55 bits per heavy atom. The molecule has 8 nitrogen and oxygen atoms in total. The van der Waals surface area contributed by atoms with Gasteiger partial charge in [-0.05, 0) is 32.3 Å². The van der Waals surface area contributed by atoms with Gasteiger partial charge in [-0.3, -0.25) is 4.90 Å². The summed E-state index contributed by atoms with van der Waals surface area (Å²) in [7, 11) is -2.85. The molecule has 29 heavy (non-hydrogen) atoms. The monoisotopic (exact) mass is 438 g/mol. The van der Waals surface area contributed by atoms with Crippen molar-refractivity contribution in [3.8, 4) is 0 Å². The second kappa shape index (κ2) is 8.16. The Kier molecular flexibility index (Phi) is 5.76. The lowest BCUT2D eigenvalue weighted by Crippen LogP contribution is -2.50. The smallest absolute Gasteiger partial charge is 0.348 e. The molecular formula is C19H26N4O4S2. The van der Waals surface area contributed by atoms with E-state index in [0.29, 0.717) is 30.6 Å². The van der Waals surface area contributed by atoms with Crippen LogP contribution in [-0.2, 0) is 14.6 Å². The summed E-state index contributed by atoms with van der Waals surface area (Å²) >= 11 is 1.36. The normalized spacial score (nSPS) is 20.8. The maximum absolute atomic E-state index is 12.3. The fraction of sp³-hybridized carbons (Fsp3) is 0.632. The molecule has 4 rings (SSSR count). The molecule has 10 heteroatoms. The van der Waals surface area contributed by atoms with E-state index in [1.54, 1.807) is 13.3 Å². The third kappa shape index (κ3) is 4.10. The molecule has 0 atom stereocenters.